The Labute approximate surface area is 152 Å². The summed E-state index contributed by atoms with van der Waals surface area (Å²) < 4.78 is 0. The molecule has 0 atom stereocenters. The zero-order valence-electron chi connectivity index (χ0n) is 14.4. The number of halogens is 1. The summed E-state index contributed by atoms with van der Waals surface area (Å²) in [4.78, 5) is 6.60. The van der Waals surface area contributed by atoms with E-state index in [-0.39, 0.29) is 0 Å². The van der Waals surface area contributed by atoms with E-state index in [4.69, 9.17) is 17.3 Å². The molecule has 0 saturated carbocycles. The number of benzene rings is 1. The van der Waals surface area contributed by atoms with Crippen LogP contribution in [-0.2, 0) is 5.60 Å². The maximum Gasteiger partial charge on any atom is 0.147 e. The summed E-state index contributed by atoms with van der Waals surface area (Å²) in [6, 6.07) is 9.56. The van der Waals surface area contributed by atoms with Gasteiger partial charge in [-0.25, -0.2) is 4.98 Å². The third-order valence-corrected chi connectivity index (χ3v) is 5.30. The van der Waals surface area contributed by atoms with Gasteiger partial charge in [-0.2, -0.15) is 5.26 Å². The largest absolute Gasteiger partial charge is 0.397 e. The van der Waals surface area contributed by atoms with Gasteiger partial charge in [-0.3, -0.25) is 0 Å². The number of hydrogen-bond acceptors (Lipinski definition) is 5. The summed E-state index contributed by atoms with van der Waals surface area (Å²) in [7, 11) is 0. The molecule has 1 aliphatic rings. The van der Waals surface area contributed by atoms with Crippen molar-refractivity contribution in [1.82, 2.24) is 4.98 Å². The molecule has 130 valence electrons. The smallest absolute Gasteiger partial charge is 0.147 e. The van der Waals surface area contributed by atoms with Gasteiger partial charge in [-0.05, 0) is 49.9 Å². The van der Waals surface area contributed by atoms with Crippen molar-refractivity contribution in [2.24, 2.45) is 0 Å². The predicted octanol–water partition coefficient (Wildman–Crippen LogP) is 3.29. The van der Waals surface area contributed by atoms with Gasteiger partial charge in [0.05, 0.1) is 22.5 Å². The Morgan fingerprint density at radius 2 is 1.84 bits per heavy atom. The normalized spacial score (nSPS) is 16.5. The highest BCUT2D eigenvalue weighted by molar-refractivity contribution is 6.30. The summed E-state index contributed by atoms with van der Waals surface area (Å²) in [5.74, 6) is 0.657. The van der Waals surface area contributed by atoms with E-state index in [0.717, 1.165) is 16.8 Å². The minimum absolute atomic E-state index is 0.514. The Bertz CT molecular complexity index is 834. The highest BCUT2D eigenvalue weighted by Crippen LogP contribution is 2.36. The molecule has 1 fully saturated rings. The molecule has 5 nitrogen and oxygen atoms in total. The highest BCUT2D eigenvalue weighted by Gasteiger charge is 2.35. The van der Waals surface area contributed by atoms with Crippen LogP contribution in [0.3, 0.4) is 0 Å². The number of piperidine rings is 1. The molecular formula is C19H21ClN4O. The summed E-state index contributed by atoms with van der Waals surface area (Å²) in [5.41, 5.74) is 8.56. The lowest BCUT2D eigenvalue weighted by molar-refractivity contribution is 0.0116. The minimum Gasteiger partial charge on any atom is -0.397 e. The Hall–Kier alpha value is -2.29. The number of rotatable bonds is 2. The molecule has 3 N–H and O–H groups in total. The van der Waals surface area contributed by atoms with E-state index < -0.39 is 5.60 Å². The first kappa shape index (κ1) is 17.5. The highest BCUT2D eigenvalue weighted by atomic mass is 35.5. The molecule has 1 saturated heterocycles. The number of aryl methyl sites for hydroxylation is 1. The van der Waals surface area contributed by atoms with Crippen LogP contribution in [0.2, 0.25) is 5.02 Å². The van der Waals surface area contributed by atoms with Crippen LogP contribution in [0.15, 0.2) is 24.3 Å². The molecule has 0 amide bonds. The monoisotopic (exact) mass is 356 g/mol. The molecule has 25 heavy (non-hydrogen) atoms. The number of anilines is 2. The lowest BCUT2D eigenvalue weighted by Crippen LogP contribution is -2.43. The Morgan fingerprint density at radius 1 is 1.24 bits per heavy atom. The standard InChI is InChI=1S/C19H21ClN4O/c1-12-16(11-21)18(23-13(2)17(12)22)24-9-7-19(25,8-10-24)14-3-5-15(20)6-4-14/h3-6,25H,7-10,22H2,1-2H3. The fraction of sp³-hybridized carbons (Fsp3) is 0.368. The fourth-order valence-corrected chi connectivity index (χ4v) is 3.47. The van der Waals surface area contributed by atoms with Crippen molar-refractivity contribution in [2.75, 3.05) is 23.7 Å². The van der Waals surface area contributed by atoms with E-state index in [0.29, 0.717) is 48.0 Å². The Kier molecular flexibility index (Phi) is 4.59. The molecule has 6 heteroatoms. The van der Waals surface area contributed by atoms with Gasteiger partial charge in [0, 0.05) is 18.1 Å². The van der Waals surface area contributed by atoms with Crippen LogP contribution in [0, 0.1) is 25.2 Å². The number of nitrogens with zero attached hydrogens (tertiary/aromatic N) is 3. The molecule has 2 aromatic rings. The third-order valence-electron chi connectivity index (χ3n) is 5.05. The Morgan fingerprint density at radius 3 is 2.40 bits per heavy atom. The Balaban J connectivity index is 1.86. The maximum absolute atomic E-state index is 11.0. The molecule has 1 aromatic carbocycles. The zero-order valence-corrected chi connectivity index (χ0v) is 15.1. The zero-order chi connectivity index (χ0) is 18.2. The van der Waals surface area contributed by atoms with Crippen molar-refractivity contribution in [1.29, 1.82) is 5.26 Å². The van der Waals surface area contributed by atoms with Crippen LogP contribution in [0.5, 0.6) is 0 Å². The molecule has 0 spiro atoms. The van der Waals surface area contributed by atoms with E-state index in [9.17, 15) is 10.4 Å². The van der Waals surface area contributed by atoms with Crippen molar-refractivity contribution in [3.05, 3.63) is 51.7 Å². The summed E-state index contributed by atoms with van der Waals surface area (Å²) in [6.07, 6.45) is 1.12. The second-order valence-corrected chi connectivity index (χ2v) is 7.01. The molecule has 2 heterocycles. The van der Waals surface area contributed by atoms with Crippen LogP contribution < -0.4 is 10.6 Å². The second kappa shape index (κ2) is 6.55. The molecular weight excluding hydrogens is 336 g/mol. The van der Waals surface area contributed by atoms with Crippen LogP contribution in [0.1, 0.15) is 35.2 Å². The fourth-order valence-electron chi connectivity index (χ4n) is 3.35. The predicted molar refractivity (Wildman–Crippen MR) is 99.6 cm³/mol. The number of pyridine rings is 1. The van der Waals surface area contributed by atoms with Gasteiger partial charge in [-0.15, -0.1) is 0 Å². The first-order valence-corrected chi connectivity index (χ1v) is 8.63. The SMILES string of the molecule is Cc1nc(N2CCC(O)(c3ccc(Cl)cc3)CC2)c(C#N)c(C)c1N. The lowest BCUT2D eigenvalue weighted by atomic mass is 9.84. The number of aliphatic hydroxyl groups is 1. The number of nitriles is 1. The lowest BCUT2D eigenvalue weighted by Gasteiger charge is -2.39. The van der Waals surface area contributed by atoms with Gasteiger partial charge < -0.3 is 15.7 Å². The van der Waals surface area contributed by atoms with Gasteiger partial charge in [0.15, 0.2) is 0 Å². The van der Waals surface area contributed by atoms with Gasteiger partial charge in [0.2, 0.25) is 0 Å². The van der Waals surface area contributed by atoms with Crippen molar-refractivity contribution < 1.29 is 5.11 Å². The van der Waals surface area contributed by atoms with Crippen molar-refractivity contribution in [2.45, 2.75) is 32.3 Å². The molecule has 0 aliphatic carbocycles. The number of aromatic nitrogens is 1. The van der Waals surface area contributed by atoms with Crippen LogP contribution in [-0.4, -0.2) is 23.2 Å². The molecule has 0 bridgehead atoms. The van der Waals surface area contributed by atoms with Gasteiger partial charge in [0.25, 0.3) is 0 Å². The summed E-state index contributed by atoms with van der Waals surface area (Å²) in [6.45, 7) is 4.92. The van der Waals surface area contributed by atoms with E-state index in [2.05, 4.69) is 16.0 Å². The van der Waals surface area contributed by atoms with E-state index in [1.54, 1.807) is 12.1 Å². The summed E-state index contributed by atoms with van der Waals surface area (Å²) in [5, 5.41) is 21.2. The topological polar surface area (TPSA) is 86.2 Å². The molecule has 1 aliphatic heterocycles. The molecule has 0 unspecified atom stereocenters. The number of hydrogen-bond donors (Lipinski definition) is 2. The van der Waals surface area contributed by atoms with Crippen LogP contribution in [0.4, 0.5) is 11.5 Å². The average molecular weight is 357 g/mol. The van der Waals surface area contributed by atoms with Crippen LogP contribution in [0.25, 0.3) is 0 Å². The van der Waals surface area contributed by atoms with Gasteiger partial charge >= 0.3 is 0 Å². The summed E-state index contributed by atoms with van der Waals surface area (Å²) >= 11 is 5.94. The molecule has 1 aromatic heterocycles. The minimum atomic E-state index is -0.883. The van der Waals surface area contributed by atoms with E-state index in [1.807, 2.05) is 26.0 Å². The number of nitrogens with two attached hydrogens (primary N) is 1. The molecule has 3 rings (SSSR count). The maximum atomic E-state index is 11.0. The number of nitrogen functional groups attached to an aromatic ring is 1. The van der Waals surface area contributed by atoms with E-state index >= 15 is 0 Å². The first-order valence-electron chi connectivity index (χ1n) is 8.26. The molecule has 0 radical (unpaired) electrons. The first-order chi connectivity index (χ1) is 11.9. The van der Waals surface area contributed by atoms with Gasteiger partial charge in [-0.1, -0.05) is 23.7 Å². The average Bonchev–Trinajstić information content (AvgIpc) is 2.60. The third kappa shape index (κ3) is 3.15. The van der Waals surface area contributed by atoms with Crippen LogP contribution >= 0.6 is 11.6 Å². The second-order valence-electron chi connectivity index (χ2n) is 6.57. The van der Waals surface area contributed by atoms with Crippen molar-refractivity contribution >= 4 is 23.1 Å². The van der Waals surface area contributed by atoms with Crippen molar-refractivity contribution in [3.8, 4) is 6.07 Å². The quantitative estimate of drug-likeness (QED) is 0.862. The van der Waals surface area contributed by atoms with E-state index in [1.165, 1.54) is 0 Å². The van der Waals surface area contributed by atoms with Gasteiger partial charge in [0.1, 0.15) is 11.9 Å². The van der Waals surface area contributed by atoms with Crippen molar-refractivity contribution in [3.63, 3.8) is 0 Å².